The predicted octanol–water partition coefficient (Wildman–Crippen LogP) is 1.78. The molecule has 6 nitrogen and oxygen atoms in total. The molecular weight excluding hydrogens is 337 g/mol. The third-order valence-corrected chi connectivity index (χ3v) is 3.72. The van der Waals surface area contributed by atoms with E-state index in [0.29, 0.717) is 0 Å². The van der Waals surface area contributed by atoms with Gasteiger partial charge in [-0.25, -0.2) is 13.1 Å². The molecule has 1 amide bonds. The summed E-state index contributed by atoms with van der Waals surface area (Å²) in [5.74, 6) is -1.07. The van der Waals surface area contributed by atoms with Crippen LogP contribution >= 0.6 is 0 Å². The monoisotopic (exact) mass is 354 g/mol. The van der Waals surface area contributed by atoms with Gasteiger partial charge in [-0.2, -0.15) is 0 Å². The van der Waals surface area contributed by atoms with Gasteiger partial charge in [0.1, 0.15) is 5.75 Å². The van der Waals surface area contributed by atoms with Gasteiger partial charge < -0.3 is 10.1 Å². The summed E-state index contributed by atoms with van der Waals surface area (Å²) in [7, 11) is -4.02. The van der Waals surface area contributed by atoms with Crippen molar-refractivity contribution in [2.75, 3.05) is 6.54 Å². The average molecular weight is 354 g/mol. The Balaban J connectivity index is 2.72. The van der Waals surface area contributed by atoms with E-state index in [4.69, 9.17) is 0 Å². The minimum absolute atomic E-state index is 0.282. The molecule has 1 aromatic carbocycles. The number of carbonyl (C=O) groups excluding carboxylic acids is 1. The van der Waals surface area contributed by atoms with E-state index in [2.05, 4.69) is 14.8 Å². The highest BCUT2D eigenvalue weighted by Crippen LogP contribution is 2.23. The Labute approximate surface area is 132 Å². The quantitative estimate of drug-likeness (QED) is 0.844. The number of halogens is 3. The van der Waals surface area contributed by atoms with Gasteiger partial charge >= 0.3 is 6.36 Å². The Morgan fingerprint density at radius 1 is 1.13 bits per heavy atom. The largest absolute Gasteiger partial charge is 0.573 e. The van der Waals surface area contributed by atoms with Crippen molar-refractivity contribution in [3.05, 3.63) is 24.3 Å². The zero-order chi connectivity index (χ0) is 17.9. The Kier molecular flexibility index (Phi) is 5.65. The molecule has 130 valence electrons. The smallest absolute Gasteiger partial charge is 0.406 e. The molecule has 23 heavy (non-hydrogen) atoms. The van der Waals surface area contributed by atoms with Crippen molar-refractivity contribution in [3.63, 3.8) is 0 Å². The van der Waals surface area contributed by atoms with E-state index in [1.807, 2.05) is 0 Å². The van der Waals surface area contributed by atoms with Crippen LogP contribution in [0.2, 0.25) is 0 Å². The van der Waals surface area contributed by atoms with Crippen LogP contribution in [0, 0.1) is 0 Å². The molecule has 0 radical (unpaired) electrons. The topological polar surface area (TPSA) is 84.5 Å². The molecule has 10 heteroatoms. The first-order valence-electron chi connectivity index (χ1n) is 6.45. The lowest BCUT2D eigenvalue weighted by Gasteiger charge is -2.20. The van der Waals surface area contributed by atoms with Crippen LogP contribution in [0.25, 0.3) is 0 Å². The second-order valence-electron chi connectivity index (χ2n) is 5.64. The second-order valence-corrected chi connectivity index (χ2v) is 7.41. The molecule has 0 fully saturated rings. The molecule has 1 aromatic rings. The molecule has 0 spiro atoms. The summed E-state index contributed by atoms with van der Waals surface area (Å²) in [6.07, 6.45) is -4.86. The van der Waals surface area contributed by atoms with Crippen LogP contribution in [-0.2, 0) is 14.8 Å². The van der Waals surface area contributed by atoms with E-state index < -0.39 is 40.1 Å². The van der Waals surface area contributed by atoms with Crippen LogP contribution in [0.1, 0.15) is 20.8 Å². The first kappa shape index (κ1) is 19.2. The van der Waals surface area contributed by atoms with Gasteiger partial charge in [-0.1, -0.05) is 0 Å². The summed E-state index contributed by atoms with van der Waals surface area (Å²) in [5.41, 5.74) is -0.515. The van der Waals surface area contributed by atoms with Crippen molar-refractivity contribution in [1.29, 1.82) is 0 Å². The number of hydrogen-bond acceptors (Lipinski definition) is 4. The Morgan fingerprint density at radius 3 is 2.09 bits per heavy atom. The number of sulfonamides is 1. The fourth-order valence-electron chi connectivity index (χ4n) is 1.53. The van der Waals surface area contributed by atoms with Crippen LogP contribution in [0.15, 0.2) is 29.2 Å². The third-order valence-electron chi connectivity index (χ3n) is 2.30. The van der Waals surface area contributed by atoms with E-state index in [-0.39, 0.29) is 4.90 Å². The van der Waals surface area contributed by atoms with Gasteiger partial charge in [0.05, 0.1) is 11.4 Å². The molecule has 0 aliphatic heterocycles. The molecule has 0 saturated carbocycles. The minimum Gasteiger partial charge on any atom is -0.406 e. The number of amides is 1. The van der Waals surface area contributed by atoms with E-state index in [1.54, 1.807) is 20.8 Å². The third kappa shape index (κ3) is 7.33. The molecule has 0 atom stereocenters. The van der Waals surface area contributed by atoms with Crippen molar-refractivity contribution in [2.24, 2.45) is 0 Å². The normalized spacial score (nSPS) is 12.8. The fourth-order valence-corrected chi connectivity index (χ4v) is 2.51. The van der Waals surface area contributed by atoms with Gasteiger partial charge in [-0.15, -0.1) is 13.2 Å². The van der Waals surface area contributed by atoms with Crippen LogP contribution in [0.5, 0.6) is 5.75 Å². The molecule has 0 unspecified atom stereocenters. The molecule has 0 aliphatic carbocycles. The van der Waals surface area contributed by atoms with Gasteiger partial charge in [0.15, 0.2) is 0 Å². The SMILES string of the molecule is CC(C)(C)NC(=O)CNS(=O)(=O)c1ccc(OC(F)(F)F)cc1. The number of nitrogens with one attached hydrogen (secondary N) is 2. The zero-order valence-electron chi connectivity index (χ0n) is 12.7. The maximum absolute atomic E-state index is 12.0. The highest BCUT2D eigenvalue weighted by Gasteiger charge is 2.31. The Hall–Kier alpha value is -1.81. The van der Waals surface area contributed by atoms with Gasteiger partial charge in [0.2, 0.25) is 15.9 Å². The number of rotatable bonds is 5. The molecule has 1 rings (SSSR count). The predicted molar refractivity (Wildman–Crippen MR) is 76.2 cm³/mol. The molecular formula is C13H17F3N2O4S. The molecule has 0 saturated heterocycles. The summed E-state index contributed by atoms with van der Waals surface area (Å²) >= 11 is 0. The lowest BCUT2D eigenvalue weighted by Crippen LogP contribution is -2.45. The van der Waals surface area contributed by atoms with Crippen molar-refractivity contribution in [3.8, 4) is 5.75 Å². The van der Waals surface area contributed by atoms with Crippen molar-refractivity contribution in [2.45, 2.75) is 37.6 Å². The Bertz CT molecular complexity index is 649. The first-order valence-corrected chi connectivity index (χ1v) is 7.93. The summed E-state index contributed by atoms with van der Waals surface area (Å²) in [6, 6.07) is 3.64. The van der Waals surface area contributed by atoms with Crippen LogP contribution < -0.4 is 14.8 Å². The van der Waals surface area contributed by atoms with Crippen molar-refractivity contribution in [1.82, 2.24) is 10.0 Å². The van der Waals surface area contributed by atoms with Gasteiger partial charge in [-0.05, 0) is 45.0 Å². The summed E-state index contributed by atoms with van der Waals surface area (Å²) in [4.78, 5) is 11.3. The van der Waals surface area contributed by atoms with Crippen molar-refractivity contribution < 1.29 is 31.1 Å². The van der Waals surface area contributed by atoms with Gasteiger partial charge in [0, 0.05) is 5.54 Å². The van der Waals surface area contributed by atoms with E-state index in [1.165, 1.54) is 0 Å². The molecule has 2 N–H and O–H groups in total. The lowest BCUT2D eigenvalue weighted by atomic mass is 10.1. The summed E-state index contributed by atoms with van der Waals surface area (Å²) < 4.78 is 65.7. The van der Waals surface area contributed by atoms with Crippen LogP contribution in [-0.4, -0.2) is 32.8 Å². The highest BCUT2D eigenvalue weighted by atomic mass is 32.2. The standard InChI is InChI=1S/C13H17F3N2O4S/c1-12(2,3)18-11(19)8-17-23(20,21)10-6-4-9(5-7-10)22-13(14,15)16/h4-7,17H,8H2,1-3H3,(H,18,19). The number of carbonyl (C=O) groups is 1. The maximum atomic E-state index is 12.0. The fraction of sp³-hybridized carbons (Fsp3) is 0.462. The second kappa shape index (κ2) is 6.75. The van der Waals surface area contributed by atoms with Gasteiger partial charge in [0.25, 0.3) is 0 Å². The van der Waals surface area contributed by atoms with E-state index in [0.717, 1.165) is 24.3 Å². The average Bonchev–Trinajstić information content (AvgIpc) is 2.33. The molecule has 0 bridgehead atoms. The first-order chi connectivity index (χ1) is 10.3. The zero-order valence-corrected chi connectivity index (χ0v) is 13.5. The lowest BCUT2D eigenvalue weighted by molar-refractivity contribution is -0.274. The molecule has 0 aliphatic rings. The van der Waals surface area contributed by atoms with Crippen LogP contribution in [0.3, 0.4) is 0 Å². The van der Waals surface area contributed by atoms with Crippen molar-refractivity contribution >= 4 is 15.9 Å². The molecule has 0 heterocycles. The number of ether oxygens (including phenoxy) is 1. The number of benzene rings is 1. The number of hydrogen-bond donors (Lipinski definition) is 2. The van der Waals surface area contributed by atoms with Gasteiger partial charge in [-0.3, -0.25) is 4.79 Å². The molecule has 0 aromatic heterocycles. The minimum atomic E-state index is -4.86. The van der Waals surface area contributed by atoms with E-state index in [9.17, 15) is 26.4 Å². The highest BCUT2D eigenvalue weighted by molar-refractivity contribution is 7.89. The summed E-state index contributed by atoms with van der Waals surface area (Å²) in [5, 5.41) is 2.57. The summed E-state index contributed by atoms with van der Waals surface area (Å²) in [6.45, 7) is 4.72. The Morgan fingerprint density at radius 2 is 1.65 bits per heavy atom. The van der Waals surface area contributed by atoms with E-state index >= 15 is 0 Å². The van der Waals surface area contributed by atoms with Crippen LogP contribution in [0.4, 0.5) is 13.2 Å². The number of alkyl halides is 3. The maximum Gasteiger partial charge on any atom is 0.573 e.